The third-order valence-corrected chi connectivity index (χ3v) is 2.81. The maximum absolute atomic E-state index is 12.2. The molecular weight excluding hydrogens is 225 g/mol. The van der Waals surface area contributed by atoms with E-state index in [4.69, 9.17) is 4.74 Å². The molecule has 0 radical (unpaired) electrons. The van der Waals surface area contributed by atoms with E-state index in [1.54, 1.807) is 19.9 Å². The second kappa shape index (κ2) is 4.35. The Bertz CT molecular complexity index is 360. The van der Waals surface area contributed by atoms with Gasteiger partial charge in [-0.2, -0.15) is 13.2 Å². The van der Waals surface area contributed by atoms with Gasteiger partial charge in [-0.3, -0.25) is 0 Å². The number of rotatable bonds is 2. The number of methoxy groups -OCH3 is 1. The zero-order chi connectivity index (χ0) is 11.6. The van der Waals surface area contributed by atoms with Gasteiger partial charge >= 0.3 is 5.51 Å². The maximum Gasteiger partial charge on any atom is 0.446 e. The summed E-state index contributed by atoms with van der Waals surface area (Å²) in [6, 6.07) is 3.11. The third-order valence-electron chi connectivity index (χ3n) is 1.92. The number of ether oxygens (including phenoxy) is 1. The van der Waals surface area contributed by atoms with Crippen LogP contribution in [0.4, 0.5) is 13.2 Å². The first kappa shape index (κ1) is 12.2. The molecule has 0 heterocycles. The van der Waals surface area contributed by atoms with Crippen molar-refractivity contribution in [3.05, 3.63) is 23.3 Å². The van der Waals surface area contributed by atoms with Gasteiger partial charge in [-0.15, -0.1) is 0 Å². The van der Waals surface area contributed by atoms with Gasteiger partial charge in [0.1, 0.15) is 5.75 Å². The van der Waals surface area contributed by atoms with Gasteiger partial charge in [-0.05, 0) is 48.9 Å². The minimum Gasteiger partial charge on any atom is -0.496 e. The van der Waals surface area contributed by atoms with Crippen molar-refractivity contribution in [3.63, 3.8) is 0 Å². The van der Waals surface area contributed by atoms with Crippen molar-refractivity contribution in [3.8, 4) is 5.75 Å². The second-order valence-electron chi connectivity index (χ2n) is 3.14. The van der Waals surface area contributed by atoms with E-state index in [1.165, 1.54) is 13.2 Å². The fraction of sp³-hybridized carbons (Fsp3) is 0.400. The Kier molecular flexibility index (Phi) is 3.54. The Morgan fingerprint density at radius 1 is 1.13 bits per heavy atom. The summed E-state index contributed by atoms with van der Waals surface area (Å²) in [6.45, 7) is 3.36. The quantitative estimate of drug-likeness (QED) is 0.720. The van der Waals surface area contributed by atoms with Gasteiger partial charge in [-0.25, -0.2) is 0 Å². The van der Waals surface area contributed by atoms with Gasteiger partial charge in [0.25, 0.3) is 0 Å². The first-order valence-electron chi connectivity index (χ1n) is 4.24. The van der Waals surface area contributed by atoms with E-state index in [0.717, 1.165) is 0 Å². The molecule has 0 saturated carbocycles. The molecule has 0 bridgehead atoms. The molecule has 0 aliphatic heterocycles. The van der Waals surface area contributed by atoms with Crippen LogP contribution in [0.3, 0.4) is 0 Å². The molecule has 15 heavy (non-hydrogen) atoms. The SMILES string of the molecule is COc1cc(C)c(SC(F)(F)F)cc1C. The molecule has 0 fully saturated rings. The highest BCUT2D eigenvalue weighted by atomic mass is 32.2. The molecule has 0 aliphatic carbocycles. The van der Waals surface area contributed by atoms with Crippen molar-refractivity contribution in [2.45, 2.75) is 24.3 Å². The van der Waals surface area contributed by atoms with E-state index in [-0.39, 0.29) is 16.7 Å². The summed E-state index contributed by atoms with van der Waals surface area (Å²) in [6.07, 6.45) is 0. The van der Waals surface area contributed by atoms with Crippen molar-refractivity contribution in [1.29, 1.82) is 0 Å². The van der Waals surface area contributed by atoms with Crippen molar-refractivity contribution in [1.82, 2.24) is 0 Å². The number of hydrogen-bond acceptors (Lipinski definition) is 2. The molecule has 0 saturated heterocycles. The lowest BCUT2D eigenvalue weighted by Crippen LogP contribution is -2.00. The van der Waals surface area contributed by atoms with Gasteiger partial charge in [-0.1, -0.05) is 0 Å². The average Bonchev–Trinajstić information content (AvgIpc) is 2.08. The van der Waals surface area contributed by atoms with Gasteiger partial charge in [0, 0.05) is 4.90 Å². The molecule has 1 aromatic rings. The molecule has 1 aromatic carbocycles. The van der Waals surface area contributed by atoms with Crippen LogP contribution in [0.1, 0.15) is 11.1 Å². The highest BCUT2D eigenvalue weighted by Gasteiger charge is 2.30. The number of aryl methyl sites for hydroxylation is 2. The average molecular weight is 236 g/mol. The Morgan fingerprint density at radius 2 is 1.73 bits per heavy atom. The van der Waals surface area contributed by atoms with Gasteiger partial charge < -0.3 is 4.74 Å². The lowest BCUT2D eigenvalue weighted by molar-refractivity contribution is -0.0328. The summed E-state index contributed by atoms with van der Waals surface area (Å²) in [5.41, 5.74) is -2.97. The number of thioether (sulfide) groups is 1. The number of halogens is 3. The lowest BCUT2D eigenvalue weighted by atomic mass is 10.1. The standard InChI is InChI=1S/C10H11F3OS/c1-6-5-9(15-10(11,12)13)7(2)4-8(6)14-3/h4-5H,1-3H3. The Hall–Kier alpha value is -0.840. The van der Waals surface area contributed by atoms with Crippen molar-refractivity contribution in [2.75, 3.05) is 7.11 Å². The minimum absolute atomic E-state index is 0.0948. The topological polar surface area (TPSA) is 9.23 Å². The summed E-state index contributed by atoms with van der Waals surface area (Å²) in [4.78, 5) is 0.223. The highest BCUT2D eigenvalue weighted by molar-refractivity contribution is 8.00. The molecule has 0 spiro atoms. The molecule has 1 rings (SSSR count). The molecule has 0 amide bonds. The Morgan fingerprint density at radius 3 is 2.20 bits per heavy atom. The molecule has 0 aliphatic rings. The third kappa shape index (κ3) is 3.34. The molecular formula is C10H11F3OS. The zero-order valence-corrected chi connectivity index (χ0v) is 9.42. The fourth-order valence-corrected chi connectivity index (χ4v) is 1.92. The number of hydrogen-bond donors (Lipinski definition) is 0. The van der Waals surface area contributed by atoms with Crippen molar-refractivity contribution >= 4 is 11.8 Å². The Balaban J connectivity index is 3.05. The van der Waals surface area contributed by atoms with Crippen LogP contribution in [-0.2, 0) is 0 Å². The number of benzene rings is 1. The number of alkyl halides is 3. The monoisotopic (exact) mass is 236 g/mol. The summed E-state index contributed by atoms with van der Waals surface area (Å²) in [5.74, 6) is 0.610. The maximum atomic E-state index is 12.2. The van der Waals surface area contributed by atoms with Crippen LogP contribution in [0.5, 0.6) is 5.75 Å². The van der Waals surface area contributed by atoms with Crippen LogP contribution in [0, 0.1) is 13.8 Å². The van der Waals surface area contributed by atoms with Crippen LogP contribution >= 0.6 is 11.8 Å². The van der Waals surface area contributed by atoms with Crippen molar-refractivity contribution in [2.24, 2.45) is 0 Å². The molecule has 1 nitrogen and oxygen atoms in total. The zero-order valence-electron chi connectivity index (χ0n) is 8.61. The van der Waals surface area contributed by atoms with Crippen LogP contribution in [0.2, 0.25) is 0 Å². The van der Waals surface area contributed by atoms with E-state index in [1.807, 2.05) is 0 Å². The van der Waals surface area contributed by atoms with E-state index in [2.05, 4.69) is 0 Å². The summed E-state index contributed by atoms with van der Waals surface area (Å²) >= 11 is -0.0948. The second-order valence-corrected chi connectivity index (χ2v) is 4.24. The van der Waals surface area contributed by atoms with E-state index in [0.29, 0.717) is 16.9 Å². The summed E-state index contributed by atoms with van der Waals surface area (Å²) < 4.78 is 41.5. The molecule has 0 N–H and O–H groups in total. The fourth-order valence-electron chi connectivity index (χ4n) is 1.22. The van der Waals surface area contributed by atoms with Crippen LogP contribution in [0.15, 0.2) is 17.0 Å². The van der Waals surface area contributed by atoms with Gasteiger partial charge in [0.15, 0.2) is 0 Å². The first-order valence-corrected chi connectivity index (χ1v) is 5.06. The van der Waals surface area contributed by atoms with Crippen molar-refractivity contribution < 1.29 is 17.9 Å². The molecule has 0 unspecified atom stereocenters. The molecule has 0 atom stereocenters. The van der Waals surface area contributed by atoms with E-state index >= 15 is 0 Å². The summed E-state index contributed by atoms with van der Waals surface area (Å²) in [7, 11) is 1.50. The van der Waals surface area contributed by atoms with E-state index in [9.17, 15) is 13.2 Å². The molecule has 0 aromatic heterocycles. The Labute approximate surface area is 90.6 Å². The highest BCUT2D eigenvalue weighted by Crippen LogP contribution is 2.40. The largest absolute Gasteiger partial charge is 0.496 e. The van der Waals surface area contributed by atoms with E-state index < -0.39 is 5.51 Å². The smallest absolute Gasteiger partial charge is 0.446 e. The predicted molar refractivity (Wildman–Crippen MR) is 54.4 cm³/mol. The van der Waals surface area contributed by atoms with Crippen LogP contribution < -0.4 is 4.74 Å². The predicted octanol–water partition coefficient (Wildman–Crippen LogP) is 3.92. The van der Waals surface area contributed by atoms with Gasteiger partial charge in [0.2, 0.25) is 0 Å². The summed E-state index contributed by atoms with van der Waals surface area (Å²) in [5, 5.41) is 0. The lowest BCUT2D eigenvalue weighted by Gasteiger charge is -2.12. The first-order chi connectivity index (χ1) is 6.83. The molecule has 84 valence electrons. The minimum atomic E-state index is -4.24. The molecule has 5 heteroatoms. The van der Waals surface area contributed by atoms with Crippen LogP contribution in [0.25, 0.3) is 0 Å². The normalized spacial score (nSPS) is 11.6. The van der Waals surface area contributed by atoms with Gasteiger partial charge in [0.05, 0.1) is 7.11 Å². The van der Waals surface area contributed by atoms with Crippen LogP contribution in [-0.4, -0.2) is 12.6 Å².